The molecule has 6 heteroatoms. The van der Waals surface area contributed by atoms with Gasteiger partial charge in [-0.05, 0) is 37.6 Å². The highest BCUT2D eigenvalue weighted by atomic mass is 32.1. The lowest BCUT2D eigenvalue weighted by atomic mass is 10.1. The maximum absolute atomic E-state index is 10.1. The molecule has 1 heterocycles. The predicted molar refractivity (Wildman–Crippen MR) is 104 cm³/mol. The average Bonchev–Trinajstić information content (AvgIpc) is 3.04. The van der Waals surface area contributed by atoms with Crippen LogP contribution in [0.25, 0.3) is 12.2 Å². The van der Waals surface area contributed by atoms with E-state index in [9.17, 15) is 5.11 Å². The summed E-state index contributed by atoms with van der Waals surface area (Å²) in [6.45, 7) is 8.00. The molecule has 0 fully saturated rings. The minimum absolute atomic E-state index is 0.260. The highest BCUT2D eigenvalue weighted by Crippen LogP contribution is 2.21. The van der Waals surface area contributed by atoms with E-state index < -0.39 is 6.10 Å². The van der Waals surface area contributed by atoms with Gasteiger partial charge in [0.15, 0.2) is 0 Å². The third-order valence-corrected chi connectivity index (χ3v) is 4.67. The molecule has 0 saturated carbocycles. The number of aromatic nitrogens is 2. The Labute approximate surface area is 153 Å². The maximum atomic E-state index is 10.1. The molecule has 25 heavy (non-hydrogen) atoms. The summed E-state index contributed by atoms with van der Waals surface area (Å²) in [6.07, 6.45) is 4.49. The molecule has 2 atom stereocenters. The SMILES string of the molecule is CCC(C)CNCC(O)COc1ccccc1C=Cc1nnc(C)s1. The normalized spacial score (nSPS) is 13.9. The van der Waals surface area contributed by atoms with Crippen molar-refractivity contribution in [2.24, 2.45) is 5.92 Å². The van der Waals surface area contributed by atoms with Crippen LogP contribution < -0.4 is 10.1 Å². The number of para-hydroxylation sites is 1. The van der Waals surface area contributed by atoms with Gasteiger partial charge in [-0.25, -0.2) is 0 Å². The van der Waals surface area contributed by atoms with Crippen LogP contribution in [0.3, 0.4) is 0 Å². The molecule has 0 amide bonds. The van der Waals surface area contributed by atoms with Gasteiger partial charge in [0.1, 0.15) is 28.5 Å². The van der Waals surface area contributed by atoms with Crippen molar-refractivity contribution in [2.75, 3.05) is 19.7 Å². The van der Waals surface area contributed by atoms with E-state index in [4.69, 9.17) is 4.74 Å². The first kappa shape index (κ1) is 19.6. The third-order valence-electron chi connectivity index (χ3n) is 3.87. The molecule has 2 aromatic rings. The number of ether oxygens (including phenoxy) is 1. The Morgan fingerprint density at radius 1 is 1.24 bits per heavy atom. The van der Waals surface area contributed by atoms with Crippen molar-refractivity contribution in [1.82, 2.24) is 15.5 Å². The molecule has 1 aromatic heterocycles. The zero-order valence-electron chi connectivity index (χ0n) is 15.1. The van der Waals surface area contributed by atoms with Crippen molar-refractivity contribution in [2.45, 2.75) is 33.3 Å². The highest BCUT2D eigenvalue weighted by Gasteiger charge is 2.08. The molecule has 0 spiro atoms. The molecule has 1 aromatic carbocycles. The number of rotatable bonds is 10. The van der Waals surface area contributed by atoms with Gasteiger partial charge in [-0.1, -0.05) is 49.8 Å². The standard InChI is InChI=1S/C19H27N3O2S/c1-4-14(2)11-20-12-17(23)13-24-18-8-6-5-7-16(18)9-10-19-22-21-15(3)25-19/h5-10,14,17,20,23H,4,11-13H2,1-3H3. The van der Waals surface area contributed by atoms with Crippen molar-refractivity contribution in [3.63, 3.8) is 0 Å². The smallest absolute Gasteiger partial charge is 0.140 e. The van der Waals surface area contributed by atoms with E-state index in [0.717, 1.165) is 34.3 Å². The summed E-state index contributed by atoms with van der Waals surface area (Å²) in [5, 5.41) is 23.2. The summed E-state index contributed by atoms with van der Waals surface area (Å²) >= 11 is 1.55. The molecule has 2 N–H and O–H groups in total. The van der Waals surface area contributed by atoms with E-state index >= 15 is 0 Å². The molecular weight excluding hydrogens is 334 g/mol. The van der Waals surface area contributed by atoms with Crippen LogP contribution in [0.5, 0.6) is 5.75 Å². The van der Waals surface area contributed by atoms with Gasteiger partial charge in [-0.15, -0.1) is 10.2 Å². The molecule has 5 nitrogen and oxygen atoms in total. The number of benzene rings is 1. The first-order chi connectivity index (χ1) is 12.1. The number of hydrogen-bond donors (Lipinski definition) is 2. The Morgan fingerprint density at radius 2 is 2.04 bits per heavy atom. The molecule has 0 aliphatic heterocycles. The fourth-order valence-electron chi connectivity index (χ4n) is 2.18. The summed E-state index contributed by atoms with van der Waals surface area (Å²) in [6, 6.07) is 7.77. The van der Waals surface area contributed by atoms with Crippen LogP contribution in [0.15, 0.2) is 24.3 Å². The third kappa shape index (κ3) is 6.94. The predicted octanol–water partition coefficient (Wildman–Crippen LogP) is 3.39. The van der Waals surface area contributed by atoms with E-state index in [0.29, 0.717) is 12.5 Å². The lowest BCUT2D eigenvalue weighted by Crippen LogP contribution is -2.33. The quantitative estimate of drug-likeness (QED) is 0.679. The summed E-state index contributed by atoms with van der Waals surface area (Å²) in [4.78, 5) is 0. The Balaban J connectivity index is 1.86. The monoisotopic (exact) mass is 361 g/mol. The zero-order chi connectivity index (χ0) is 18.1. The largest absolute Gasteiger partial charge is 0.490 e. The van der Waals surface area contributed by atoms with Crippen molar-refractivity contribution < 1.29 is 9.84 Å². The van der Waals surface area contributed by atoms with Crippen molar-refractivity contribution in [1.29, 1.82) is 0 Å². The fraction of sp³-hybridized carbons (Fsp3) is 0.474. The number of aliphatic hydroxyl groups is 1. The zero-order valence-corrected chi connectivity index (χ0v) is 15.9. The summed E-state index contributed by atoms with van der Waals surface area (Å²) in [5.74, 6) is 1.36. The number of aryl methyl sites for hydroxylation is 1. The van der Waals surface area contributed by atoms with Crippen LogP contribution in [-0.2, 0) is 0 Å². The van der Waals surface area contributed by atoms with Crippen LogP contribution >= 0.6 is 11.3 Å². The van der Waals surface area contributed by atoms with Gasteiger partial charge in [0, 0.05) is 12.1 Å². The lowest BCUT2D eigenvalue weighted by molar-refractivity contribution is 0.105. The molecule has 0 saturated heterocycles. The van der Waals surface area contributed by atoms with Crippen LogP contribution in [0.4, 0.5) is 0 Å². The second-order valence-electron chi connectivity index (χ2n) is 6.17. The number of nitrogens with zero attached hydrogens (tertiary/aromatic N) is 2. The first-order valence-corrected chi connectivity index (χ1v) is 9.49. The second-order valence-corrected chi connectivity index (χ2v) is 7.38. The van der Waals surface area contributed by atoms with Gasteiger partial charge >= 0.3 is 0 Å². The van der Waals surface area contributed by atoms with Crippen LogP contribution in [0.1, 0.15) is 35.8 Å². The molecule has 0 radical (unpaired) electrons. The van der Waals surface area contributed by atoms with E-state index in [-0.39, 0.29) is 6.61 Å². The summed E-state index contributed by atoms with van der Waals surface area (Å²) in [5.41, 5.74) is 0.954. The Bertz CT molecular complexity index is 672. The molecule has 0 bridgehead atoms. The van der Waals surface area contributed by atoms with E-state index in [1.54, 1.807) is 11.3 Å². The van der Waals surface area contributed by atoms with Crippen LogP contribution in [0, 0.1) is 12.8 Å². The number of aliphatic hydroxyl groups excluding tert-OH is 1. The Kier molecular flexibility index (Phi) is 8.04. The first-order valence-electron chi connectivity index (χ1n) is 8.67. The Morgan fingerprint density at radius 3 is 2.76 bits per heavy atom. The van der Waals surface area contributed by atoms with Crippen LogP contribution in [0.2, 0.25) is 0 Å². The van der Waals surface area contributed by atoms with Gasteiger partial charge in [-0.2, -0.15) is 0 Å². The summed E-state index contributed by atoms with van der Waals surface area (Å²) in [7, 11) is 0. The topological polar surface area (TPSA) is 67.3 Å². The maximum Gasteiger partial charge on any atom is 0.140 e. The van der Waals surface area contributed by atoms with E-state index in [2.05, 4.69) is 29.4 Å². The van der Waals surface area contributed by atoms with Crippen molar-refractivity contribution in [3.8, 4) is 5.75 Å². The minimum atomic E-state index is -0.535. The van der Waals surface area contributed by atoms with Crippen molar-refractivity contribution >= 4 is 23.5 Å². The molecule has 2 rings (SSSR count). The van der Waals surface area contributed by atoms with E-state index in [1.165, 1.54) is 0 Å². The molecule has 136 valence electrons. The van der Waals surface area contributed by atoms with Gasteiger partial charge in [0.05, 0.1) is 0 Å². The minimum Gasteiger partial charge on any atom is -0.490 e. The number of hydrogen-bond acceptors (Lipinski definition) is 6. The Hall–Kier alpha value is -1.76. The van der Waals surface area contributed by atoms with Crippen LogP contribution in [-0.4, -0.2) is 41.1 Å². The lowest BCUT2D eigenvalue weighted by Gasteiger charge is -2.16. The van der Waals surface area contributed by atoms with Gasteiger partial charge < -0.3 is 15.2 Å². The van der Waals surface area contributed by atoms with Gasteiger partial charge in [0.25, 0.3) is 0 Å². The van der Waals surface area contributed by atoms with Gasteiger partial charge in [0.2, 0.25) is 0 Å². The molecular formula is C19H27N3O2S. The number of nitrogens with one attached hydrogen (secondary N) is 1. The highest BCUT2D eigenvalue weighted by molar-refractivity contribution is 7.12. The average molecular weight is 362 g/mol. The van der Waals surface area contributed by atoms with Gasteiger partial charge in [-0.3, -0.25) is 0 Å². The molecule has 2 unspecified atom stereocenters. The molecule has 0 aliphatic carbocycles. The fourth-order valence-corrected chi connectivity index (χ4v) is 2.78. The second kappa shape index (κ2) is 10.3. The van der Waals surface area contributed by atoms with Crippen molar-refractivity contribution in [3.05, 3.63) is 39.8 Å². The van der Waals surface area contributed by atoms with E-state index in [1.807, 2.05) is 43.3 Å². The molecule has 0 aliphatic rings. The summed E-state index contributed by atoms with van der Waals surface area (Å²) < 4.78 is 5.80.